The molecule has 0 aromatic carbocycles. The second-order valence-electron chi connectivity index (χ2n) is 3.06. The summed E-state index contributed by atoms with van der Waals surface area (Å²) in [6, 6.07) is 0. The van der Waals surface area contributed by atoms with Gasteiger partial charge in [-0.2, -0.15) is 0 Å². The highest BCUT2D eigenvalue weighted by Crippen LogP contribution is 2.26. The van der Waals surface area contributed by atoms with Crippen molar-refractivity contribution < 1.29 is 14.3 Å². The van der Waals surface area contributed by atoms with E-state index in [9.17, 15) is 4.79 Å². The van der Waals surface area contributed by atoms with Crippen LogP contribution in [0.25, 0.3) is 0 Å². The fourth-order valence-electron chi connectivity index (χ4n) is 1.23. The first-order chi connectivity index (χ1) is 5.02. The van der Waals surface area contributed by atoms with Crippen LogP contribution in [-0.2, 0) is 14.3 Å². The Morgan fingerprint density at radius 2 is 2.45 bits per heavy atom. The molecule has 1 aliphatic rings. The number of hydrogen-bond donors (Lipinski definition) is 0. The lowest BCUT2D eigenvalue weighted by atomic mass is 10.2. The summed E-state index contributed by atoms with van der Waals surface area (Å²) in [6.07, 6.45) is 0.165. The fraction of sp³-hybridized carbons (Fsp3) is 0.750. The predicted molar refractivity (Wildman–Crippen MR) is 39.9 cm³/mol. The summed E-state index contributed by atoms with van der Waals surface area (Å²) in [5, 5.41) is 0. The number of rotatable bonds is 2. The summed E-state index contributed by atoms with van der Waals surface area (Å²) in [5.41, 5.74) is 0. The third kappa shape index (κ3) is 2.27. The van der Waals surface area contributed by atoms with Gasteiger partial charge in [-0.1, -0.05) is 0 Å². The molecule has 3 nitrogen and oxygen atoms in total. The van der Waals surface area contributed by atoms with Gasteiger partial charge in [0.05, 0.1) is 19.1 Å². The van der Waals surface area contributed by atoms with Crippen molar-refractivity contribution in [3.63, 3.8) is 0 Å². The average Bonchev–Trinajstić information content (AvgIpc) is 2.08. The Bertz CT molecular complexity index is 167. The third-order valence-corrected chi connectivity index (χ3v) is 1.56. The quantitative estimate of drug-likeness (QED) is 0.598. The molecule has 0 aromatic heterocycles. The summed E-state index contributed by atoms with van der Waals surface area (Å²) < 4.78 is 10.6. The minimum atomic E-state index is -0.724. The van der Waals surface area contributed by atoms with Gasteiger partial charge < -0.3 is 9.47 Å². The van der Waals surface area contributed by atoms with E-state index in [4.69, 9.17) is 9.47 Å². The van der Waals surface area contributed by atoms with Crippen molar-refractivity contribution in [2.75, 3.05) is 6.61 Å². The molecule has 0 saturated carbocycles. The molecular weight excluding hydrogens is 144 g/mol. The number of ether oxygens (including phenoxy) is 2. The highest BCUT2D eigenvalue weighted by atomic mass is 16.7. The molecule has 2 unspecified atom stereocenters. The molecule has 1 radical (unpaired) electrons. The van der Waals surface area contributed by atoms with E-state index in [0.717, 1.165) is 0 Å². The predicted octanol–water partition coefficient (Wildman–Crippen LogP) is 0.931. The minimum Gasteiger partial charge on any atom is -0.347 e. The van der Waals surface area contributed by atoms with E-state index in [1.807, 2.05) is 0 Å². The van der Waals surface area contributed by atoms with Gasteiger partial charge in [-0.25, -0.2) is 0 Å². The smallest absolute Gasteiger partial charge is 0.172 e. The molecule has 1 heterocycles. The molecular formula is C8H13O3. The summed E-state index contributed by atoms with van der Waals surface area (Å²) >= 11 is 0. The molecule has 2 atom stereocenters. The lowest BCUT2D eigenvalue weighted by molar-refractivity contribution is -0.161. The van der Waals surface area contributed by atoms with E-state index >= 15 is 0 Å². The molecule has 63 valence electrons. The van der Waals surface area contributed by atoms with Crippen LogP contribution in [0.2, 0.25) is 0 Å². The Kier molecular flexibility index (Phi) is 2.30. The van der Waals surface area contributed by atoms with Gasteiger partial charge in [-0.3, -0.25) is 4.79 Å². The van der Waals surface area contributed by atoms with Crippen molar-refractivity contribution in [3.05, 3.63) is 6.92 Å². The highest BCUT2D eigenvalue weighted by Gasteiger charge is 2.36. The molecule has 0 bridgehead atoms. The standard InChI is InChI=1S/C8H13O3/c1-6(9)4-8(3)10-5-7(2)11-8/h7H,2,4-5H2,1,3H3. The van der Waals surface area contributed by atoms with Crippen LogP contribution in [0, 0.1) is 6.92 Å². The first-order valence-corrected chi connectivity index (χ1v) is 3.66. The van der Waals surface area contributed by atoms with Gasteiger partial charge >= 0.3 is 0 Å². The van der Waals surface area contributed by atoms with E-state index in [-0.39, 0.29) is 11.9 Å². The zero-order valence-electron chi connectivity index (χ0n) is 6.92. The maximum atomic E-state index is 10.7. The Labute approximate surface area is 66.7 Å². The average molecular weight is 157 g/mol. The second-order valence-corrected chi connectivity index (χ2v) is 3.06. The Balaban J connectivity index is 2.48. The molecule has 0 amide bonds. The van der Waals surface area contributed by atoms with E-state index in [2.05, 4.69) is 6.92 Å². The lowest BCUT2D eigenvalue weighted by Crippen LogP contribution is -2.28. The van der Waals surface area contributed by atoms with Gasteiger partial charge in [0.2, 0.25) is 0 Å². The number of Topliss-reactive ketones (excluding diaryl/α,β-unsaturated/α-hetero) is 1. The van der Waals surface area contributed by atoms with Gasteiger partial charge in [0.1, 0.15) is 5.78 Å². The van der Waals surface area contributed by atoms with E-state index in [1.165, 1.54) is 6.92 Å². The number of hydrogen-bond acceptors (Lipinski definition) is 3. The number of carbonyl (C=O) groups excluding carboxylic acids is 1. The van der Waals surface area contributed by atoms with Gasteiger partial charge in [0.25, 0.3) is 0 Å². The highest BCUT2D eigenvalue weighted by molar-refractivity contribution is 5.76. The molecule has 0 spiro atoms. The fourth-order valence-corrected chi connectivity index (χ4v) is 1.23. The van der Waals surface area contributed by atoms with E-state index in [1.54, 1.807) is 6.92 Å². The number of carbonyl (C=O) groups is 1. The van der Waals surface area contributed by atoms with Crippen molar-refractivity contribution in [3.8, 4) is 0 Å². The minimum absolute atomic E-state index is 0.0709. The Morgan fingerprint density at radius 1 is 1.82 bits per heavy atom. The largest absolute Gasteiger partial charge is 0.347 e. The lowest BCUT2D eigenvalue weighted by Gasteiger charge is -2.20. The Hall–Kier alpha value is -0.410. The molecule has 1 rings (SSSR count). The molecule has 3 heteroatoms. The molecule has 1 saturated heterocycles. The van der Waals surface area contributed by atoms with Gasteiger partial charge in [-0.05, 0) is 20.8 Å². The van der Waals surface area contributed by atoms with Crippen LogP contribution in [0.5, 0.6) is 0 Å². The van der Waals surface area contributed by atoms with Crippen LogP contribution in [0.1, 0.15) is 20.3 Å². The van der Waals surface area contributed by atoms with Crippen LogP contribution in [0.15, 0.2) is 0 Å². The molecule has 0 aliphatic carbocycles. The first-order valence-electron chi connectivity index (χ1n) is 3.66. The van der Waals surface area contributed by atoms with Gasteiger partial charge in [-0.15, -0.1) is 0 Å². The van der Waals surface area contributed by atoms with Crippen molar-refractivity contribution >= 4 is 5.78 Å². The van der Waals surface area contributed by atoms with Crippen LogP contribution in [-0.4, -0.2) is 24.3 Å². The summed E-state index contributed by atoms with van der Waals surface area (Å²) in [5.74, 6) is -0.653. The normalized spacial score (nSPS) is 37.5. The zero-order valence-corrected chi connectivity index (χ0v) is 6.92. The maximum Gasteiger partial charge on any atom is 0.172 e. The van der Waals surface area contributed by atoms with Crippen molar-refractivity contribution in [1.29, 1.82) is 0 Å². The van der Waals surface area contributed by atoms with Crippen LogP contribution in [0.3, 0.4) is 0 Å². The molecule has 1 fully saturated rings. The third-order valence-electron chi connectivity index (χ3n) is 1.56. The van der Waals surface area contributed by atoms with Crippen LogP contribution in [0.4, 0.5) is 0 Å². The van der Waals surface area contributed by atoms with Crippen molar-refractivity contribution in [1.82, 2.24) is 0 Å². The van der Waals surface area contributed by atoms with Gasteiger partial charge in [0.15, 0.2) is 5.79 Å². The summed E-state index contributed by atoms with van der Waals surface area (Å²) in [6.45, 7) is 7.44. The molecule has 11 heavy (non-hydrogen) atoms. The summed E-state index contributed by atoms with van der Waals surface area (Å²) in [7, 11) is 0. The molecule has 0 N–H and O–H groups in total. The van der Waals surface area contributed by atoms with Crippen molar-refractivity contribution in [2.45, 2.75) is 32.2 Å². The van der Waals surface area contributed by atoms with Crippen LogP contribution < -0.4 is 0 Å². The Morgan fingerprint density at radius 3 is 2.82 bits per heavy atom. The first kappa shape index (κ1) is 8.68. The monoisotopic (exact) mass is 157 g/mol. The van der Waals surface area contributed by atoms with Crippen LogP contribution >= 0.6 is 0 Å². The van der Waals surface area contributed by atoms with Gasteiger partial charge in [0, 0.05) is 0 Å². The van der Waals surface area contributed by atoms with E-state index < -0.39 is 5.79 Å². The molecule has 1 aliphatic heterocycles. The van der Waals surface area contributed by atoms with Crippen molar-refractivity contribution in [2.24, 2.45) is 0 Å². The summed E-state index contributed by atoms with van der Waals surface area (Å²) in [4.78, 5) is 10.7. The zero-order chi connectivity index (χ0) is 8.48. The SMILES string of the molecule is [CH2]C1COC(C)(CC(C)=O)O1. The second kappa shape index (κ2) is 2.91. The maximum absolute atomic E-state index is 10.7. The topological polar surface area (TPSA) is 35.5 Å². The molecule has 0 aromatic rings. The van der Waals surface area contributed by atoms with E-state index in [0.29, 0.717) is 13.0 Å². The number of ketones is 1.